The van der Waals surface area contributed by atoms with E-state index in [1.54, 1.807) is 0 Å². The molecule has 0 aliphatic carbocycles. The van der Waals surface area contributed by atoms with Gasteiger partial charge in [0.2, 0.25) is 0 Å². The minimum atomic E-state index is -0.845. The van der Waals surface area contributed by atoms with Crippen molar-refractivity contribution in [2.75, 3.05) is 0 Å². The van der Waals surface area contributed by atoms with Gasteiger partial charge in [-0.05, 0) is 23.1 Å². The molecule has 0 fully saturated rings. The third-order valence-corrected chi connectivity index (χ3v) is 2.24. The van der Waals surface area contributed by atoms with Gasteiger partial charge in [0, 0.05) is 6.04 Å². The van der Waals surface area contributed by atoms with Crippen molar-refractivity contribution in [3.8, 4) is 0 Å². The van der Waals surface area contributed by atoms with E-state index in [1.165, 1.54) is 6.07 Å². The zero-order valence-electron chi connectivity index (χ0n) is 9.05. The summed E-state index contributed by atoms with van der Waals surface area (Å²) in [4.78, 5) is 0. The third-order valence-electron chi connectivity index (χ3n) is 2.24. The summed E-state index contributed by atoms with van der Waals surface area (Å²) in [6.45, 7) is 5.87. The Morgan fingerprint density at radius 3 is 2.07 bits per heavy atom. The maximum Gasteiger partial charge on any atom is 0.159 e. The van der Waals surface area contributed by atoms with Gasteiger partial charge in [0.05, 0.1) is 0 Å². The van der Waals surface area contributed by atoms with Crippen molar-refractivity contribution >= 4 is 12.4 Å². The highest BCUT2D eigenvalue weighted by Gasteiger charge is 2.22. The smallest absolute Gasteiger partial charge is 0.159 e. The predicted molar refractivity (Wildman–Crippen MR) is 60.0 cm³/mol. The Morgan fingerprint density at radius 1 is 1.13 bits per heavy atom. The fraction of sp³-hybridized carbons (Fsp3) is 0.455. The fourth-order valence-electron chi connectivity index (χ4n) is 1.21. The van der Waals surface area contributed by atoms with Crippen molar-refractivity contribution in [3.05, 3.63) is 35.4 Å². The van der Waals surface area contributed by atoms with Gasteiger partial charge in [0.1, 0.15) is 0 Å². The molecule has 0 amide bonds. The van der Waals surface area contributed by atoms with Gasteiger partial charge in [0.15, 0.2) is 11.6 Å². The van der Waals surface area contributed by atoms with E-state index in [4.69, 9.17) is 5.73 Å². The summed E-state index contributed by atoms with van der Waals surface area (Å²) < 4.78 is 25.5. The van der Waals surface area contributed by atoms with Gasteiger partial charge < -0.3 is 5.73 Å². The minimum absolute atomic E-state index is 0. The molecule has 0 aliphatic rings. The molecule has 0 unspecified atom stereocenters. The fourth-order valence-corrected chi connectivity index (χ4v) is 1.21. The average Bonchev–Trinajstić information content (AvgIpc) is 2.07. The van der Waals surface area contributed by atoms with E-state index in [-0.39, 0.29) is 23.9 Å². The molecule has 2 N–H and O–H groups in total. The normalized spacial score (nSPS) is 13.2. The lowest BCUT2D eigenvalue weighted by molar-refractivity contribution is 0.325. The molecular weight excluding hydrogens is 220 g/mol. The Bertz CT molecular complexity index is 334. The molecule has 86 valence electrons. The van der Waals surface area contributed by atoms with E-state index >= 15 is 0 Å². The summed E-state index contributed by atoms with van der Waals surface area (Å²) >= 11 is 0. The molecule has 0 bridgehead atoms. The summed E-state index contributed by atoms with van der Waals surface area (Å²) in [6, 6.07) is 3.49. The highest BCUT2D eigenvalue weighted by atomic mass is 35.5. The largest absolute Gasteiger partial charge is 0.324 e. The SMILES string of the molecule is CC(C)(C)[C@@H](N)c1ccc(F)c(F)c1.Cl. The maximum atomic E-state index is 12.9. The first kappa shape index (κ1) is 14.3. The monoisotopic (exact) mass is 235 g/mol. The van der Waals surface area contributed by atoms with Crippen molar-refractivity contribution in [2.24, 2.45) is 11.1 Å². The van der Waals surface area contributed by atoms with Crippen LogP contribution in [-0.2, 0) is 0 Å². The van der Waals surface area contributed by atoms with Gasteiger partial charge in [0.25, 0.3) is 0 Å². The average molecular weight is 236 g/mol. The van der Waals surface area contributed by atoms with Crippen molar-refractivity contribution in [1.82, 2.24) is 0 Å². The van der Waals surface area contributed by atoms with Gasteiger partial charge in [-0.3, -0.25) is 0 Å². The lowest BCUT2D eigenvalue weighted by Crippen LogP contribution is -2.26. The van der Waals surface area contributed by atoms with E-state index in [2.05, 4.69) is 0 Å². The van der Waals surface area contributed by atoms with Crippen LogP contribution in [0.25, 0.3) is 0 Å². The molecule has 0 heterocycles. The highest BCUT2D eigenvalue weighted by Crippen LogP contribution is 2.30. The predicted octanol–water partition coefficient (Wildman–Crippen LogP) is 3.43. The zero-order valence-corrected chi connectivity index (χ0v) is 9.87. The van der Waals surface area contributed by atoms with Crippen LogP contribution in [-0.4, -0.2) is 0 Å². The second-order valence-corrected chi connectivity index (χ2v) is 4.52. The quantitative estimate of drug-likeness (QED) is 0.793. The van der Waals surface area contributed by atoms with E-state index < -0.39 is 11.6 Å². The maximum absolute atomic E-state index is 12.9. The Kier molecular flexibility index (Phi) is 4.68. The van der Waals surface area contributed by atoms with E-state index in [1.807, 2.05) is 20.8 Å². The zero-order chi connectivity index (χ0) is 10.9. The molecule has 1 nitrogen and oxygen atoms in total. The van der Waals surface area contributed by atoms with Crippen LogP contribution < -0.4 is 5.73 Å². The third kappa shape index (κ3) is 3.43. The standard InChI is InChI=1S/C11H15F2N.ClH/c1-11(2,3)10(14)7-4-5-8(12)9(13)6-7;/h4-6,10H,14H2,1-3H3;1H/t10-;/m0./s1. The van der Waals surface area contributed by atoms with Crippen LogP contribution in [0.3, 0.4) is 0 Å². The molecule has 0 aromatic heterocycles. The molecule has 15 heavy (non-hydrogen) atoms. The number of benzene rings is 1. The number of halogens is 3. The van der Waals surface area contributed by atoms with Crippen molar-refractivity contribution in [1.29, 1.82) is 0 Å². The molecule has 1 atom stereocenters. The first-order chi connectivity index (χ1) is 6.32. The molecule has 0 saturated carbocycles. The molecule has 0 saturated heterocycles. The second-order valence-electron chi connectivity index (χ2n) is 4.52. The second kappa shape index (κ2) is 4.90. The van der Waals surface area contributed by atoms with Crippen molar-refractivity contribution < 1.29 is 8.78 Å². The van der Waals surface area contributed by atoms with Gasteiger partial charge in [-0.15, -0.1) is 12.4 Å². The minimum Gasteiger partial charge on any atom is -0.324 e. The van der Waals surface area contributed by atoms with Gasteiger partial charge in [-0.1, -0.05) is 26.8 Å². The lowest BCUT2D eigenvalue weighted by Gasteiger charge is -2.27. The number of rotatable bonds is 1. The van der Waals surface area contributed by atoms with Gasteiger partial charge >= 0.3 is 0 Å². The van der Waals surface area contributed by atoms with Crippen molar-refractivity contribution in [2.45, 2.75) is 26.8 Å². The topological polar surface area (TPSA) is 26.0 Å². The first-order valence-electron chi connectivity index (χ1n) is 4.53. The Labute approximate surface area is 95.1 Å². The molecule has 0 spiro atoms. The van der Waals surface area contributed by atoms with E-state index in [0.29, 0.717) is 5.56 Å². The lowest BCUT2D eigenvalue weighted by atomic mass is 9.83. The summed E-state index contributed by atoms with van der Waals surface area (Å²) in [5.41, 5.74) is 6.36. The van der Waals surface area contributed by atoms with Crippen LogP contribution in [0.1, 0.15) is 32.4 Å². The van der Waals surface area contributed by atoms with Gasteiger partial charge in [-0.25, -0.2) is 8.78 Å². The number of nitrogens with two attached hydrogens (primary N) is 1. The highest BCUT2D eigenvalue weighted by molar-refractivity contribution is 5.85. The molecule has 0 radical (unpaired) electrons. The molecule has 0 aliphatic heterocycles. The van der Waals surface area contributed by atoms with Crippen LogP contribution in [0, 0.1) is 17.0 Å². The first-order valence-corrected chi connectivity index (χ1v) is 4.53. The van der Waals surface area contributed by atoms with E-state index in [0.717, 1.165) is 12.1 Å². The van der Waals surface area contributed by atoms with Crippen LogP contribution in [0.4, 0.5) is 8.78 Å². The number of hydrogen-bond acceptors (Lipinski definition) is 1. The number of hydrogen-bond donors (Lipinski definition) is 1. The van der Waals surface area contributed by atoms with Gasteiger partial charge in [-0.2, -0.15) is 0 Å². The van der Waals surface area contributed by atoms with Crippen molar-refractivity contribution in [3.63, 3.8) is 0 Å². The van der Waals surface area contributed by atoms with Crippen LogP contribution >= 0.6 is 12.4 Å². The summed E-state index contributed by atoms with van der Waals surface area (Å²) in [5, 5.41) is 0. The summed E-state index contributed by atoms with van der Waals surface area (Å²) in [5.74, 6) is -1.68. The van der Waals surface area contributed by atoms with Crippen LogP contribution in [0.2, 0.25) is 0 Å². The molecule has 1 rings (SSSR count). The Hall–Kier alpha value is -0.670. The Morgan fingerprint density at radius 2 is 1.67 bits per heavy atom. The summed E-state index contributed by atoms with van der Waals surface area (Å²) in [7, 11) is 0. The molecule has 4 heteroatoms. The molecule has 1 aromatic rings. The van der Waals surface area contributed by atoms with E-state index in [9.17, 15) is 8.78 Å². The van der Waals surface area contributed by atoms with Crippen LogP contribution in [0.15, 0.2) is 18.2 Å². The molecular formula is C11H16ClF2N. The summed E-state index contributed by atoms with van der Waals surface area (Å²) in [6.07, 6.45) is 0. The Balaban J connectivity index is 0.00000196. The van der Waals surface area contributed by atoms with Crippen LogP contribution in [0.5, 0.6) is 0 Å². The molecule has 1 aromatic carbocycles.